The van der Waals surface area contributed by atoms with Gasteiger partial charge in [-0.1, -0.05) is 29.8 Å². The van der Waals surface area contributed by atoms with Gasteiger partial charge in [-0.3, -0.25) is 15.1 Å². The topological polar surface area (TPSA) is 93.2 Å². The minimum absolute atomic E-state index is 0.0352. The SMILES string of the molecule is Cc1ccc(C(CC(=O)OC(C)C)NC(=O)Nc2nc(-c3cccnc3)cs2)cc1. The molecule has 0 aliphatic rings. The maximum atomic E-state index is 12.6. The van der Waals surface area contributed by atoms with Crippen LogP contribution in [-0.2, 0) is 9.53 Å². The maximum Gasteiger partial charge on any atom is 0.321 e. The zero-order valence-corrected chi connectivity index (χ0v) is 17.9. The highest BCUT2D eigenvalue weighted by Crippen LogP contribution is 2.24. The molecule has 0 radical (unpaired) electrons. The summed E-state index contributed by atoms with van der Waals surface area (Å²) < 4.78 is 5.25. The van der Waals surface area contributed by atoms with E-state index in [2.05, 4.69) is 20.6 Å². The molecule has 2 amide bonds. The number of hydrogen-bond acceptors (Lipinski definition) is 6. The minimum Gasteiger partial charge on any atom is -0.463 e. The summed E-state index contributed by atoms with van der Waals surface area (Å²) in [6, 6.07) is 10.4. The number of hydrogen-bond donors (Lipinski definition) is 2. The fourth-order valence-electron chi connectivity index (χ4n) is 2.80. The van der Waals surface area contributed by atoms with Gasteiger partial charge in [0.15, 0.2) is 5.13 Å². The van der Waals surface area contributed by atoms with E-state index in [1.165, 1.54) is 11.3 Å². The summed E-state index contributed by atoms with van der Waals surface area (Å²) in [5, 5.41) is 7.91. The highest BCUT2D eigenvalue weighted by atomic mass is 32.1. The van der Waals surface area contributed by atoms with Gasteiger partial charge in [-0.15, -0.1) is 11.3 Å². The summed E-state index contributed by atoms with van der Waals surface area (Å²) in [5.41, 5.74) is 3.53. The number of benzene rings is 1. The zero-order chi connectivity index (χ0) is 21.5. The fourth-order valence-corrected chi connectivity index (χ4v) is 3.51. The van der Waals surface area contributed by atoms with Crippen molar-refractivity contribution < 1.29 is 14.3 Å². The van der Waals surface area contributed by atoms with Crippen LogP contribution in [0.3, 0.4) is 0 Å². The molecule has 1 atom stereocenters. The number of ether oxygens (including phenoxy) is 1. The number of thiazole rings is 1. The van der Waals surface area contributed by atoms with E-state index < -0.39 is 12.1 Å². The van der Waals surface area contributed by atoms with Crippen LogP contribution in [0.5, 0.6) is 0 Å². The first-order valence-corrected chi connectivity index (χ1v) is 10.5. The van der Waals surface area contributed by atoms with Crippen molar-refractivity contribution in [1.29, 1.82) is 0 Å². The number of anilines is 1. The van der Waals surface area contributed by atoms with Gasteiger partial charge >= 0.3 is 12.0 Å². The zero-order valence-electron chi connectivity index (χ0n) is 17.1. The van der Waals surface area contributed by atoms with Crippen LogP contribution in [0.1, 0.15) is 37.4 Å². The number of rotatable bonds is 7. The molecule has 156 valence electrons. The molecule has 0 saturated heterocycles. The van der Waals surface area contributed by atoms with Crippen molar-refractivity contribution in [2.24, 2.45) is 0 Å². The number of aryl methyl sites for hydroxylation is 1. The number of amides is 2. The third-order valence-electron chi connectivity index (χ3n) is 4.20. The highest BCUT2D eigenvalue weighted by molar-refractivity contribution is 7.14. The van der Waals surface area contributed by atoms with E-state index in [9.17, 15) is 9.59 Å². The molecule has 2 aromatic heterocycles. The number of carbonyl (C=O) groups excluding carboxylic acids is 2. The van der Waals surface area contributed by atoms with Gasteiger partial charge in [0, 0.05) is 23.3 Å². The molecule has 30 heavy (non-hydrogen) atoms. The number of pyridine rings is 1. The van der Waals surface area contributed by atoms with Crippen LogP contribution >= 0.6 is 11.3 Å². The van der Waals surface area contributed by atoms with Crippen LogP contribution in [0.4, 0.5) is 9.93 Å². The minimum atomic E-state index is -0.519. The number of carbonyl (C=O) groups is 2. The Morgan fingerprint density at radius 3 is 2.60 bits per heavy atom. The molecule has 0 aliphatic carbocycles. The van der Waals surface area contributed by atoms with E-state index in [0.717, 1.165) is 22.4 Å². The third kappa shape index (κ3) is 6.12. The summed E-state index contributed by atoms with van der Waals surface area (Å²) in [5.74, 6) is -0.371. The first-order chi connectivity index (χ1) is 14.4. The number of urea groups is 1. The van der Waals surface area contributed by atoms with Crippen molar-refractivity contribution in [1.82, 2.24) is 15.3 Å². The second-order valence-electron chi connectivity index (χ2n) is 7.08. The normalized spacial score (nSPS) is 11.7. The van der Waals surface area contributed by atoms with Crippen molar-refractivity contribution in [2.45, 2.75) is 39.3 Å². The number of esters is 1. The van der Waals surface area contributed by atoms with Crippen LogP contribution in [0.25, 0.3) is 11.3 Å². The van der Waals surface area contributed by atoms with Gasteiger partial charge in [0.1, 0.15) is 0 Å². The quantitative estimate of drug-likeness (QED) is 0.536. The second-order valence-corrected chi connectivity index (χ2v) is 7.94. The Morgan fingerprint density at radius 1 is 1.17 bits per heavy atom. The van der Waals surface area contributed by atoms with Crippen LogP contribution in [-0.4, -0.2) is 28.1 Å². The Kier molecular flexibility index (Phi) is 7.13. The smallest absolute Gasteiger partial charge is 0.321 e. The first-order valence-electron chi connectivity index (χ1n) is 9.60. The Balaban J connectivity index is 1.69. The largest absolute Gasteiger partial charge is 0.463 e. The number of nitrogens with zero attached hydrogens (tertiary/aromatic N) is 2. The Bertz CT molecular complexity index is 987. The molecule has 1 unspecified atom stereocenters. The Morgan fingerprint density at radius 2 is 1.93 bits per heavy atom. The van der Waals surface area contributed by atoms with Gasteiger partial charge in [-0.25, -0.2) is 9.78 Å². The van der Waals surface area contributed by atoms with E-state index in [1.807, 2.05) is 48.7 Å². The second kappa shape index (κ2) is 9.98. The molecule has 2 N–H and O–H groups in total. The molecular formula is C22H24N4O3S. The van der Waals surface area contributed by atoms with Gasteiger partial charge in [-0.2, -0.15) is 0 Å². The van der Waals surface area contributed by atoms with Gasteiger partial charge in [-0.05, 0) is 38.5 Å². The Labute approximate surface area is 179 Å². The third-order valence-corrected chi connectivity index (χ3v) is 4.96. The average molecular weight is 425 g/mol. The van der Waals surface area contributed by atoms with Crippen molar-refractivity contribution in [2.75, 3.05) is 5.32 Å². The summed E-state index contributed by atoms with van der Waals surface area (Å²) in [6.45, 7) is 5.57. The van der Waals surface area contributed by atoms with Crippen LogP contribution < -0.4 is 10.6 Å². The lowest BCUT2D eigenvalue weighted by Gasteiger charge is -2.19. The number of aromatic nitrogens is 2. The average Bonchev–Trinajstić information content (AvgIpc) is 3.16. The molecule has 0 spiro atoms. The van der Waals surface area contributed by atoms with Crippen LogP contribution in [0, 0.1) is 6.92 Å². The van der Waals surface area contributed by atoms with Crippen LogP contribution in [0.2, 0.25) is 0 Å². The highest BCUT2D eigenvalue weighted by Gasteiger charge is 2.21. The molecule has 7 nitrogen and oxygen atoms in total. The van der Waals surface area contributed by atoms with Gasteiger partial charge < -0.3 is 10.1 Å². The molecule has 0 fully saturated rings. The summed E-state index contributed by atoms with van der Waals surface area (Å²) in [7, 11) is 0. The molecule has 2 heterocycles. The summed E-state index contributed by atoms with van der Waals surface area (Å²) in [6.07, 6.45) is 3.23. The lowest BCUT2D eigenvalue weighted by atomic mass is 10.0. The maximum absolute atomic E-state index is 12.6. The lowest BCUT2D eigenvalue weighted by Crippen LogP contribution is -2.34. The molecule has 0 aliphatic heterocycles. The fraction of sp³-hybridized carbons (Fsp3) is 0.273. The van der Waals surface area contributed by atoms with Crippen molar-refractivity contribution in [3.05, 3.63) is 65.3 Å². The summed E-state index contributed by atoms with van der Waals surface area (Å²) in [4.78, 5) is 33.3. The number of nitrogens with one attached hydrogen (secondary N) is 2. The van der Waals surface area contributed by atoms with Crippen molar-refractivity contribution >= 4 is 28.5 Å². The van der Waals surface area contributed by atoms with E-state index >= 15 is 0 Å². The van der Waals surface area contributed by atoms with Crippen molar-refractivity contribution in [3.63, 3.8) is 0 Å². The molecule has 0 saturated carbocycles. The van der Waals surface area contributed by atoms with E-state index in [1.54, 1.807) is 26.2 Å². The molecule has 3 rings (SSSR count). The van der Waals surface area contributed by atoms with Crippen molar-refractivity contribution in [3.8, 4) is 11.3 Å². The molecule has 1 aromatic carbocycles. The van der Waals surface area contributed by atoms with Gasteiger partial charge in [0.25, 0.3) is 0 Å². The lowest BCUT2D eigenvalue weighted by molar-refractivity contribution is -0.147. The predicted molar refractivity (Wildman–Crippen MR) is 117 cm³/mol. The monoisotopic (exact) mass is 424 g/mol. The predicted octanol–water partition coefficient (Wildman–Crippen LogP) is 4.72. The van der Waals surface area contributed by atoms with Gasteiger partial charge in [0.2, 0.25) is 0 Å². The molecular weight excluding hydrogens is 400 g/mol. The van der Waals surface area contributed by atoms with Crippen LogP contribution in [0.15, 0.2) is 54.2 Å². The van der Waals surface area contributed by atoms with E-state index in [4.69, 9.17) is 4.74 Å². The summed E-state index contributed by atoms with van der Waals surface area (Å²) >= 11 is 1.32. The standard InChI is InChI=1S/C22H24N4O3S/c1-14(2)29-20(27)11-18(16-8-6-15(3)7-9-16)24-21(28)26-22-25-19(13-30-22)17-5-4-10-23-12-17/h4-10,12-14,18H,11H2,1-3H3,(H2,24,25,26,28). The Hall–Kier alpha value is -3.26. The van der Waals surface area contributed by atoms with Gasteiger partial charge in [0.05, 0.1) is 24.3 Å². The van der Waals surface area contributed by atoms with E-state index in [-0.39, 0.29) is 18.5 Å². The first kappa shape index (κ1) is 21.4. The van der Waals surface area contributed by atoms with E-state index in [0.29, 0.717) is 5.13 Å². The molecule has 8 heteroatoms. The molecule has 3 aromatic rings. The molecule has 0 bridgehead atoms.